The number of benzene rings is 3. The zero-order chi connectivity index (χ0) is 26.5. The van der Waals surface area contributed by atoms with Crippen LogP contribution in [0.25, 0.3) is 0 Å². The van der Waals surface area contributed by atoms with Gasteiger partial charge >= 0.3 is 5.97 Å². The summed E-state index contributed by atoms with van der Waals surface area (Å²) in [6, 6.07) is 29.4. The maximum atomic E-state index is 13.4. The third-order valence-corrected chi connectivity index (χ3v) is 5.91. The summed E-state index contributed by atoms with van der Waals surface area (Å²) in [5, 5.41) is 0. The minimum atomic E-state index is -0.697. The van der Waals surface area contributed by atoms with Crippen LogP contribution in [0.1, 0.15) is 56.7 Å². The minimum absolute atomic E-state index is 0.161. The highest BCUT2D eigenvalue weighted by molar-refractivity contribution is 6.13. The van der Waals surface area contributed by atoms with Gasteiger partial charge in [0.1, 0.15) is 5.60 Å². The molecule has 0 fully saturated rings. The first kappa shape index (κ1) is 28.1. The summed E-state index contributed by atoms with van der Waals surface area (Å²) in [5.41, 5.74) is 3.25. The molecular weight excluding hydrogens is 458 g/mol. The number of carbonyl (C=O) groups excluding carboxylic acids is 1. The second-order valence-corrected chi connectivity index (χ2v) is 10.1. The number of hydrogen-bond donors (Lipinski definition) is 0. The lowest BCUT2D eigenvalue weighted by Gasteiger charge is -2.26. The monoisotopic (exact) mass is 497 g/mol. The largest absolute Gasteiger partial charge is 0.458 e. The lowest BCUT2D eigenvalue weighted by Crippen LogP contribution is -2.35. The van der Waals surface area contributed by atoms with Crippen molar-refractivity contribution < 1.29 is 14.3 Å². The number of rotatable bonds is 13. The van der Waals surface area contributed by atoms with Crippen molar-refractivity contribution in [3.63, 3.8) is 0 Å². The van der Waals surface area contributed by atoms with E-state index in [0.29, 0.717) is 13.2 Å². The van der Waals surface area contributed by atoms with Crippen LogP contribution in [0, 0.1) is 5.92 Å². The van der Waals surface area contributed by atoms with Crippen LogP contribution in [0.5, 0.6) is 0 Å². The van der Waals surface area contributed by atoms with Crippen molar-refractivity contribution >= 4 is 11.7 Å². The van der Waals surface area contributed by atoms with E-state index in [1.807, 2.05) is 106 Å². The standard InChI is InChI=1S/C33H39NO3/c1-5-27(19-15-16-24-36-25-26-17-9-6-10-18-26)31(32(35)37-33(2,3)4)34-30(28-20-11-7-12-21-28)29-22-13-8-14-23-29/h5-14,17-18,20-23,27,31H,1,15-16,19,24-25H2,2-4H3/t27-,31+/m1/s1. The summed E-state index contributed by atoms with van der Waals surface area (Å²) >= 11 is 0. The first-order chi connectivity index (χ1) is 17.9. The minimum Gasteiger partial charge on any atom is -0.458 e. The second kappa shape index (κ2) is 14.3. The lowest BCUT2D eigenvalue weighted by atomic mass is 9.92. The van der Waals surface area contributed by atoms with Crippen LogP contribution in [0.15, 0.2) is 109 Å². The smallest absolute Gasteiger partial charge is 0.332 e. The second-order valence-electron chi connectivity index (χ2n) is 10.1. The molecule has 2 atom stereocenters. The van der Waals surface area contributed by atoms with Gasteiger partial charge in [0.15, 0.2) is 6.04 Å². The predicted octanol–water partition coefficient (Wildman–Crippen LogP) is 7.42. The highest BCUT2D eigenvalue weighted by Crippen LogP contribution is 2.24. The summed E-state index contributed by atoms with van der Waals surface area (Å²) in [6.07, 6.45) is 4.40. The van der Waals surface area contributed by atoms with E-state index in [1.54, 1.807) is 0 Å². The van der Waals surface area contributed by atoms with Gasteiger partial charge in [0.2, 0.25) is 0 Å². The lowest BCUT2D eigenvalue weighted by molar-refractivity contribution is -0.157. The normalized spacial score (nSPS) is 12.8. The SMILES string of the molecule is C=C[C@H](CCCCOCc1ccccc1)[C@H](N=C(c1ccccc1)c1ccccc1)C(=O)OC(C)(C)C. The molecule has 0 N–H and O–H groups in total. The number of aliphatic imine (C=N–C) groups is 1. The van der Waals surface area contributed by atoms with Gasteiger partial charge in [-0.15, -0.1) is 6.58 Å². The number of ether oxygens (including phenoxy) is 2. The van der Waals surface area contributed by atoms with Gasteiger partial charge in [-0.05, 0) is 39.2 Å². The van der Waals surface area contributed by atoms with Gasteiger partial charge in [-0.25, -0.2) is 4.79 Å². The van der Waals surface area contributed by atoms with Gasteiger partial charge in [-0.2, -0.15) is 0 Å². The molecule has 0 spiro atoms. The van der Waals surface area contributed by atoms with Gasteiger partial charge in [-0.3, -0.25) is 4.99 Å². The van der Waals surface area contributed by atoms with Crippen molar-refractivity contribution in [2.45, 2.75) is 58.3 Å². The molecule has 0 amide bonds. The third-order valence-electron chi connectivity index (χ3n) is 5.91. The Labute approximate surface area is 222 Å². The first-order valence-corrected chi connectivity index (χ1v) is 13.0. The van der Waals surface area contributed by atoms with E-state index in [9.17, 15) is 4.79 Å². The van der Waals surface area contributed by atoms with Gasteiger partial charge < -0.3 is 9.47 Å². The van der Waals surface area contributed by atoms with E-state index < -0.39 is 11.6 Å². The maximum absolute atomic E-state index is 13.4. The number of esters is 1. The molecule has 3 aromatic rings. The Kier molecular flexibility index (Phi) is 10.8. The Balaban J connectivity index is 1.77. The molecule has 0 aliphatic rings. The Morgan fingerprint density at radius 3 is 1.92 bits per heavy atom. The fourth-order valence-electron chi connectivity index (χ4n) is 4.09. The summed E-state index contributed by atoms with van der Waals surface area (Å²) in [7, 11) is 0. The Morgan fingerprint density at radius 1 is 0.865 bits per heavy atom. The molecule has 4 nitrogen and oxygen atoms in total. The molecule has 3 aromatic carbocycles. The summed E-state index contributed by atoms with van der Waals surface area (Å²) in [5.74, 6) is -0.492. The topological polar surface area (TPSA) is 47.9 Å². The van der Waals surface area contributed by atoms with Gasteiger partial charge in [0.25, 0.3) is 0 Å². The van der Waals surface area contributed by atoms with Crippen LogP contribution in [0.4, 0.5) is 0 Å². The number of nitrogens with zero attached hydrogens (tertiary/aromatic N) is 1. The Bertz CT molecular complexity index is 1080. The zero-order valence-electron chi connectivity index (χ0n) is 22.3. The summed E-state index contributed by atoms with van der Waals surface area (Å²) in [4.78, 5) is 18.5. The zero-order valence-corrected chi connectivity index (χ0v) is 22.3. The van der Waals surface area contributed by atoms with E-state index in [1.165, 1.54) is 5.56 Å². The molecule has 0 unspecified atom stereocenters. The average Bonchev–Trinajstić information content (AvgIpc) is 2.90. The van der Waals surface area contributed by atoms with Crippen molar-refractivity contribution in [3.8, 4) is 0 Å². The molecule has 37 heavy (non-hydrogen) atoms. The Hall–Kier alpha value is -3.50. The van der Waals surface area contributed by atoms with E-state index in [-0.39, 0.29) is 11.9 Å². The summed E-state index contributed by atoms with van der Waals surface area (Å²) in [6.45, 7) is 11.0. The van der Waals surface area contributed by atoms with Gasteiger partial charge in [-0.1, -0.05) is 103 Å². The number of hydrogen-bond acceptors (Lipinski definition) is 4. The maximum Gasteiger partial charge on any atom is 0.332 e. The van der Waals surface area contributed by atoms with E-state index in [0.717, 1.165) is 36.1 Å². The molecule has 0 aliphatic heterocycles. The first-order valence-electron chi connectivity index (χ1n) is 13.0. The van der Waals surface area contributed by atoms with Crippen LogP contribution in [0.2, 0.25) is 0 Å². The molecule has 0 aliphatic carbocycles. The van der Waals surface area contributed by atoms with Crippen molar-refractivity contribution in [1.29, 1.82) is 0 Å². The van der Waals surface area contributed by atoms with Crippen molar-refractivity contribution in [2.75, 3.05) is 6.61 Å². The Morgan fingerprint density at radius 2 is 1.41 bits per heavy atom. The van der Waals surface area contributed by atoms with Crippen LogP contribution in [-0.4, -0.2) is 29.9 Å². The molecular formula is C33H39NO3. The fraction of sp³-hybridized carbons (Fsp3) is 0.333. The van der Waals surface area contributed by atoms with Crippen LogP contribution >= 0.6 is 0 Å². The van der Waals surface area contributed by atoms with E-state index in [4.69, 9.17) is 14.5 Å². The van der Waals surface area contributed by atoms with Crippen molar-refractivity contribution in [1.82, 2.24) is 0 Å². The van der Waals surface area contributed by atoms with Gasteiger partial charge in [0, 0.05) is 23.7 Å². The quantitative estimate of drug-likeness (QED) is 0.107. The third kappa shape index (κ3) is 9.47. The molecule has 0 heterocycles. The molecule has 3 rings (SSSR count). The molecule has 4 heteroatoms. The van der Waals surface area contributed by atoms with Crippen LogP contribution < -0.4 is 0 Å². The van der Waals surface area contributed by atoms with E-state index >= 15 is 0 Å². The highest BCUT2D eigenvalue weighted by Gasteiger charge is 2.31. The van der Waals surface area contributed by atoms with Crippen LogP contribution in [0.3, 0.4) is 0 Å². The molecule has 0 saturated heterocycles. The number of unbranched alkanes of at least 4 members (excludes halogenated alkanes) is 1. The molecule has 0 aromatic heterocycles. The van der Waals surface area contributed by atoms with Crippen molar-refractivity contribution in [3.05, 3.63) is 120 Å². The van der Waals surface area contributed by atoms with E-state index in [2.05, 4.69) is 18.7 Å². The fourth-order valence-corrected chi connectivity index (χ4v) is 4.09. The number of carbonyl (C=O) groups is 1. The summed E-state index contributed by atoms with van der Waals surface area (Å²) < 4.78 is 11.7. The average molecular weight is 498 g/mol. The predicted molar refractivity (Wildman–Crippen MR) is 152 cm³/mol. The van der Waals surface area contributed by atoms with Crippen LogP contribution in [-0.2, 0) is 20.9 Å². The molecule has 0 radical (unpaired) electrons. The molecule has 194 valence electrons. The molecule has 0 saturated carbocycles. The highest BCUT2D eigenvalue weighted by atomic mass is 16.6. The molecule has 0 bridgehead atoms. The van der Waals surface area contributed by atoms with Crippen molar-refractivity contribution in [2.24, 2.45) is 10.9 Å². The van der Waals surface area contributed by atoms with Gasteiger partial charge in [0.05, 0.1) is 12.3 Å².